The van der Waals surface area contributed by atoms with Gasteiger partial charge in [0.2, 0.25) is 5.91 Å². The Morgan fingerprint density at radius 1 is 1.30 bits per heavy atom. The molecule has 0 aromatic heterocycles. The van der Waals surface area contributed by atoms with E-state index in [9.17, 15) is 9.59 Å². The summed E-state index contributed by atoms with van der Waals surface area (Å²) in [4.78, 5) is 23.3. The van der Waals surface area contributed by atoms with Gasteiger partial charge in [0.1, 0.15) is 6.04 Å². The molecule has 0 spiro atoms. The molecule has 20 heavy (non-hydrogen) atoms. The fraction of sp³-hybridized carbons (Fsp3) is 0.429. The van der Waals surface area contributed by atoms with Gasteiger partial charge in [0.25, 0.3) is 0 Å². The molecule has 0 heterocycles. The second kappa shape index (κ2) is 6.02. The van der Waals surface area contributed by atoms with E-state index in [1.165, 1.54) is 7.11 Å². The van der Waals surface area contributed by atoms with Crippen molar-refractivity contribution in [2.24, 2.45) is 5.92 Å². The summed E-state index contributed by atoms with van der Waals surface area (Å²) in [5, 5.41) is 3.76. The molecule has 4 nitrogen and oxygen atoms in total. The first-order chi connectivity index (χ1) is 9.42. The summed E-state index contributed by atoms with van der Waals surface area (Å²) >= 11 is 11.9. The van der Waals surface area contributed by atoms with Crippen LogP contribution in [0.5, 0.6) is 0 Å². The molecule has 108 valence electrons. The number of amides is 1. The van der Waals surface area contributed by atoms with Crippen LogP contribution < -0.4 is 5.32 Å². The van der Waals surface area contributed by atoms with E-state index in [0.29, 0.717) is 10.0 Å². The third-order valence-corrected chi connectivity index (χ3v) is 3.79. The van der Waals surface area contributed by atoms with Crippen LogP contribution in [0.15, 0.2) is 18.2 Å². The molecule has 1 aliphatic rings. The average Bonchev–Trinajstić information content (AvgIpc) is 3.16. The summed E-state index contributed by atoms with van der Waals surface area (Å²) in [7, 11) is 1.29. The van der Waals surface area contributed by atoms with E-state index in [1.807, 2.05) is 12.1 Å². The predicted molar refractivity (Wildman–Crippen MR) is 76.9 cm³/mol. The van der Waals surface area contributed by atoms with Gasteiger partial charge in [0, 0.05) is 16.0 Å². The Labute approximate surface area is 127 Å². The van der Waals surface area contributed by atoms with E-state index in [0.717, 1.165) is 12.0 Å². The van der Waals surface area contributed by atoms with Crippen molar-refractivity contribution in [3.8, 4) is 0 Å². The molecule has 6 heteroatoms. The molecule has 1 aromatic rings. The number of carbonyl (C=O) groups is 2. The van der Waals surface area contributed by atoms with Gasteiger partial charge in [-0.3, -0.25) is 4.79 Å². The number of ether oxygens (including phenoxy) is 1. The average molecular weight is 316 g/mol. The maximum absolute atomic E-state index is 12.0. The van der Waals surface area contributed by atoms with Crippen molar-refractivity contribution in [1.29, 1.82) is 0 Å². The molecule has 0 saturated heterocycles. The first-order valence-corrected chi connectivity index (χ1v) is 7.02. The van der Waals surface area contributed by atoms with E-state index in [4.69, 9.17) is 23.2 Å². The Morgan fingerprint density at radius 2 is 1.90 bits per heavy atom. The molecule has 0 unspecified atom stereocenters. The molecular formula is C14H15Cl2NO3. The SMILES string of the molecule is COC(=O)[C@@H](C)NC(=O)[C@@H]1C[C@@H]1c1cc(Cl)cc(Cl)c1. The molecule has 0 aliphatic heterocycles. The zero-order chi connectivity index (χ0) is 14.9. The molecule has 1 amide bonds. The lowest BCUT2D eigenvalue weighted by molar-refractivity contribution is -0.144. The van der Waals surface area contributed by atoms with Crippen molar-refractivity contribution in [3.05, 3.63) is 33.8 Å². The van der Waals surface area contributed by atoms with E-state index in [1.54, 1.807) is 13.0 Å². The maximum atomic E-state index is 12.0. The summed E-state index contributed by atoms with van der Waals surface area (Å²) in [6, 6.07) is 4.64. The number of nitrogens with one attached hydrogen (secondary N) is 1. The largest absolute Gasteiger partial charge is 0.467 e. The van der Waals surface area contributed by atoms with Crippen LogP contribution >= 0.6 is 23.2 Å². The highest BCUT2D eigenvalue weighted by Crippen LogP contribution is 2.48. The monoisotopic (exact) mass is 315 g/mol. The fourth-order valence-corrected chi connectivity index (χ4v) is 2.74. The maximum Gasteiger partial charge on any atom is 0.328 e. The number of hydrogen-bond donors (Lipinski definition) is 1. The topological polar surface area (TPSA) is 55.4 Å². The summed E-state index contributed by atoms with van der Waals surface area (Å²) in [6.07, 6.45) is 0.733. The number of halogens is 2. The van der Waals surface area contributed by atoms with Crippen LogP contribution in [0.25, 0.3) is 0 Å². The molecule has 1 fully saturated rings. The van der Waals surface area contributed by atoms with Gasteiger partial charge in [-0.1, -0.05) is 23.2 Å². The third-order valence-electron chi connectivity index (χ3n) is 3.35. The Morgan fingerprint density at radius 3 is 2.45 bits per heavy atom. The Balaban J connectivity index is 1.97. The molecular weight excluding hydrogens is 301 g/mol. The zero-order valence-corrected chi connectivity index (χ0v) is 12.7. The Hall–Kier alpha value is -1.26. The minimum Gasteiger partial charge on any atom is -0.467 e. The second-order valence-corrected chi connectivity index (χ2v) is 5.78. The number of benzene rings is 1. The van der Waals surface area contributed by atoms with E-state index >= 15 is 0 Å². The van der Waals surface area contributed by atoms with Crippen LogP contribution in [0.4, 0.5) is 0 Å². The van der Waals surface area contributed by atoms with Crippen molar-refractivity contribution in [1.82, 2.24) is 5.32 Å². The van der Waals surface area contributed by atoms with Gasteiger partial charge >= 0.3 is 5.97 Å². The van der Waals surface area contributed by atoms with Crippen LogP contribution in [0.1, 0.15) is 24.8 Å². The molecule has 1 N–H and O–H groups in total. The molecule has 0 bridgehead atoms. The summed E-state index contributed by atoms with van der Waals surface area (Å²) < 4.78 is 4.57. The van der Waals surface area contributed by atoms with Gasteiger partial charge in [0.05, 0.1) is 7.11 Å². The molecule has 1 aromatic carbocycles. The Kier molecular flexibility index (Phi) is 4.55. The van der Waals surface area contributed by atoms with Crippen LogP contribution in [0.2, 0.25) is 10.0 Å². The Bertz CT molecular complexity index is 527. The summed E-state index contributed by atoms with van der Waals surface area (Å²) in [5.41, 5.74) is 0.952. The van der Waals surface area contributed by atoms with Crippen LogP contribution in [-0.4, -0.2) is 25.0 Å². The minimum atomic E-state index is -0.642. The number of hydrogen-bond acceptors (Lipinski definition) is 3. The standard InChI is InChI=1S/C14H15Cl2NO3/c1-7(14(19)20-2)17-13(18)12-6-11(12)8-3-9(15)5-10(16)4-8/h3-5,7,11-12H,6H2,1-2H3,(H,17,18)/t7-,11-,12-/m1/s1. The van der Waals surface area contributed by atoms with E-state index in [-0.39, 0.29) is 17.7 Å². The van der Waals surface area contributed by atoms with Gasteiger partial charge in [-0.05, 0) is 43.0 Å². The predicted octanol–water partition coefficient (Wildman–Crippen LogP) is 2.77. The quantitative estimate of drug-likeness (QED) is 0.869. The van der Waals surface area contributed by atoms with Gasteiger partial charge in [0.15, 0.2) is 0 Å². The van der Waals surface area contributed by atoms with Crippen molar-refractivity contribution < 1.29 is 14.3 Å². The van der Waals surface area contributed by atoms with Crippen molar-refractivity contribution >= 4 is 35.1 Å². The van der Waals surface area contributed by atoms with Gasteiger partial charge in [-0.25, -0.2) is 4.79 Å². The minimum absolute atomic E-state index is 0.107. The fourth-order valence-electron chi connectivity index (χ4n) is 2.20. The van der Waals surface area contributed by atoms with Crippen LogP contribution in [-0.2, 0) is 14.3 Å². The van der Waals surface area contributed by atoms with Crippen LogP contribution in [0, 0.1) is 5.92 Å². The number of rotatable bonds is 4. The number of carbonyl (C=O) groups excluding carboxylic acids is 2. The highest BCUT2D eigenvalue weighted by atomic mass is 35.5. The van der Waals surface area contributed by atoms with Crippen molar-refractivity contribution in [3.63, 3.8) is 0 Å². The van der Waals surface area contributed by atoms with E-state index < -0.39 is 12.0 Å². The van der Waals surface area contributed by atoms with Gasteiger partial charge in [-0.15, -0.1) is 0 Å². The molecule has 1 aliphatic carbocycles. The normalized spacial score (nSPS) is 22.0. The third kappa shape index (κ3) is 3.44. The summed E-state index contributed by atoms with van der Waals surface area (Å²) in [5.74, 6) is -0.641. The van der Waals surface area contributed by atoms with Gasteiger partial charge in [-0.2, -0.15) is 0 Å². The highest BCUT2D eigenvalue weighted by Gasteiger charge is 2.44. The van der Waals surface area contributed by atoms with E-state index in [2.05, 4.69) is 10.1 Å². The number of esters is 1. The van der Waals surface area contributed by atoms with Crippen molar-refractivity contribution in [2.45, 2.75) is 25.3 Å². The van der Waals surface area contributed by atoms with Crippen molar-refractivity contribution in [2.75, 3.05) is 7.11 Å². The first-order valence-electron chi connectivity index (χ1n) is 6.26. The molecule has 3 atom stereocenters. The highest BCUT2D eigenvalue weighted by molar-refractivity contribution is 6.34. The lowest BCUT2D eigenvalue weighted by Gasteiger charge is -2.11. The zero-order valence-electron chi connectivity index (χ0n) is 11.2. The molecule has 0 radical (unpaired) electrons. The molecule has 2 rings (SSSR count). The second-order valence-electron chi connectivity index (χ2n) is 4.90. The smallest absolute Gasteiger partial charge is 0.328 e. The first kappa shape index (κ1) is 15.1. The number of methoxy groups -OCH3 is 1. The lowest BCUT2D eigenvalue weighted by atomic mass is 10.1. The van der Waals surface area contributed by atoms with Crippen LogP contribution in [0.3, 0.4) is 0 Å². The lowest BCUT2D eigenvalue weighted by Crippen LogP contribution is -2.40. The molecule has 1 saturated carbocycles. The van der Waals surface area contributed by atoms with Gasteiger partial charge < -0.3 is 10.1 Å². The summed E-state index contributed by atoms with van der Waals surface area (Å²) in [6.45, 7) is 1.59.